The molecule has 0 spiro atoms. The van der Waals surface area contributed by atoms with Gasteiger partial charge in [0.15, 0.2) is 0 Å². The molecule has 1 aliphatic heterocycles. The van der Waals surface area contributed by atoms with E-state index >= 15 is 0 Å². The van der Waals surface area contributed by atoms with E-state index < -0.39 is 0 Å². The van der Waals surface area contributed by atoms with Crippen LogP contribution in [-0.2, 0) is 4.79 Å². The van der Waals surface area contributed by atoms with Gasteiger partial charge in [0.05, 0.1) is 0 Å². The Balaban J connectivity index is 0.00000180. The maximum absolute atomic E-state index is 12.1. The van der Waals surface area contributed by atoms with E-state index in [0.717, 1.165) is 44.3 Å². The minimum Gasteiger partial charge on any atom is -0.343 e. The lowest BCUT2D eigenvalue weighted by molar-refractivity contribution is -0.132. The number of piperidine rings is 1. The maximum atomic E-state index is 12.1. The molecule has 4 heteroatoms. The minimum atomic E-state index is 0. The molecule has 2 rings (SSSR count). The first-order valence-electron chi connectivity index (χ1n) is 7.72. The Morgan fingerprint density at radius 3 is 2.32 bits per heavy atom. The number of likely N-dealkylation sites (tertiary alicyclic amines) is 1. The van der Waals surface area contributed by atoms with Crippen LogP contribution in [0, 0.1) is 11.8 Å². The molecular weight excluding hydrogens is 260 g/mol. The largest absolute Gasteiger partial charge is 0.343 e. The second kappa shape index (κ2) is 8.80. The van der Waals surface area contributed by atoms with E-state index in [-0.39, 0.29) is 12.4 Å². The molecule has 2 aliphatic rings. The lowest BCUT2D eigenvalue weighted by atomic mass is 9.96. The van der Waals surface area contributed by atoms with Crippen molar-refractivity contribution < 1.29 is 4.79 Å². The van der Waals surface area contributed by atoms with Crippen molar-refractivity contribution in [3.05, 3.63) is 0 Å². The van der Waals surface area contributed by atoms with E-state index in [1.165, 1.54) is 38.5 Å². The zero-order valence-corrected chi connectivity index (χ0v) is 13.0. The number of nitrogens with one attached hydrogen (secondary N) is 1. The highest BCUT2D eigenvalue weighted by molar-refractivity contribution is 5.85. The fourth-order valence-corrected chi connectivity index (χ4v) is 3.46. The summed E-state index contributed by atoms with van der Waals surface area (Å²) in [4.78, 5) is 14.2. The van der Waals surface area contributed by atoms with Crippen LogP contribution >= 0.6 is 12.4 Å². The SMILES string of the molecule is CNCC1CCN(C(=O)CCC2CCCC2)CC1.Cl. The number of hydrogen-bond acceptors (Lipinski definition) is 2. The second-order valence-electron chi connectivity index (χ2n) is 6.07. The number of nitrogens with zero attached hydrogens (tertiary/aromatic N) is 1. The predicted molar refractivity (Wildman–Crippen MR) is 81.7 cm³/mol. The van der Waals surface area contributed by atoms with Gasteiger partial charge in [0, 0.05) is 19.5 Å². The molecule has 0 aromatic carbocycles. The highest BCUT2D eigenvalue weighted by Gasteiger charge is 2.23. The molecule has 1 saturated heterocycles. The fourth-order valence-electron chi connectivity index (χ4n) is 3.46. The van der Waals surface area contributed by atoms with Crippen LogP contribution in [0.25, 0.3) is 0 Å². The summed E-state index contributed by atoms with van der Waals surface area (Å²) in [6.07, 6.45) is 9.76. The van der Waals surface area contributed by atoms with Crippen LogP contribution < -0.4 is 5.32 Å². The number of rotatable bonds is 5. The van der Waals surface area contributed by atoms with Crippen molar-refractivity contribution in [3.8, 4) is 0 Å². The standard InChI is InChI=1S/C15H28N2O.ClH/c1-16-12-14-8-10-17(11-9-14)15(18)7-6-13-4-2-3-5-13;/h13-14,16H,2-12H2,1H3;1H. The van der Waals surface area contributed by atoms with Crippen LogP contribution in [-0.4, -0.2) is 37.5 Å². The van der Waals surface area contributed by atoms with Crippen molar-refractivity contribution in [2.75, 3.05) is 26.7 Å². The van der Waals surface area contributed by atoms with E-state index in [4.69, 9.17) is 0 Å². The van der Waals surface area contributed by atoms with Gasteiger partial charge in [-0.15, -0.1) is 12.4 Å². The molecule has 0 radical (unpaired) electrons. The number of halogens is 1. The fraction of sp³-hybridized carbons (Fsp3) is 0.933. The third kappa shape index (κ3) is 5.31. The van der Waals surface area contributed by atoms with E-state index in [0.29, 0.717) is 5.91 Å². The Kier molecular flexibility index (Phi) is 7.77. The van der Waals surface area contributed by atoms with Crippen LogP contribution in [0.15, 0.2) is 0 Å². The minimum absolute atomic E-state index is 0. The first-order valence-corrected chi connectivity index (χ1v) is 7.72. The van der Waals surface area contributed by atoms with Crippen LogP contribution in [0.5, 0.6) is 0 Å². The Hall–Kier alpha value is -0.280. The summed E-state index contributed by atoms with van der Waals surface area (Å²) in [5.74, 6) is 2.02. The smallest absolute Gasteiger partial charge is 0.222 e. The Morgan fingerprint density at radius 1 is 1.11 bits per heavy atom. The van der Waals surface area contributed by atoms with E-state index in [2.05, 4.69) is 10.2 Å². The Bertz CT molecular complexity index is 259. The quantitative estimate of drug-likeness (QED) is 0.844. The van der Waals surface area contributed by atoms with E-state index in [1.807, 2.05) is 7.05 Å². The number of carbonyl (C=O) groups excluding carboxylic acids is 1. The second-order valence-corrected chi connectivity index (χ2v) is 6.07. The lowest BCUT2D eigenvalue weighted by Crippen LogP contribution is -2.40. The van der Waals surface area contributed by atoms with E-state index in [9.17, 15) is 4.79 Å². The van der Waals surface area contributed by atoms with Gasteiger partial charge in [0.25, 0.3) is 0 Å². The van der Waals surface area contributed by atoms with Gasteiger partial charge in [0.1, 0.15) is 0 Å². The zero-order chi connectivity index (χ0) is 12.8. The van der Waals surface area contributed by atoms with Crippen LogP contribution in [0.3, 0.4) is 0 Å². The highest BCUT2D eigenvalue weighted by atomic mass is 35.5. The Labute approximate surface area is 123 Å². The molecule has 0 aromatic heterocycles. The van der Waals surface area contributed by atoms with Crippen LogP contribution in [0.4, 0.5) is 0 Å². The molecule has 1 N–H and O–H groups in total. The average Bonchev–Trinajstić information content (AvgIpc) is 2.90. The molecule has 3 nitrogen and oxygen atoms in total. The molecule has 0 atom stereocenters. The first kappa shape index (κ1) is 16.8. The topological polar surface area (TPSA) is 32.3 Å². The highest BCUT2D eigenvalue weighted by Crippen LogP contribution is 2.29. The molecule has 1 amide bonds. The normalized spacial score (nSPS) is 21.4. The van der Waals surface area contributed by atoms with Crippen molar-refractivity contribution in [1.82, 2.24) is 10.2 Å². The molecule has 1 heterocycles. The summed E-state index contributed by atoms with van der Waals surface area (Å²) < 4.78 is 0. The average molecular weight is 289 g/mol. The molecule has 112 valence electrons. The Morgan fingerprint density at radius 2 is 1.74 bits per heavy atom. The third-order valence-corrected chi connectivity index (χ3v) is 4.70. The van der Waals surface area contributed by atoms with E-state index in [1.54, 1.807) is 0 Å². The summed E-state index contributed by atoms with van der Waals surface area (Å²) in [5, 5.41) is 3.24. The van der Waals surface area contributed by atoms with Crippen molar-refractivity contribution in [1.29, 1.82) is 0 Å². The summed E-state index contributed by atoms with van der Waals surface area (Å²) in [6, 6.07) is 0. The van der Waals surface area contributed by atoms with Gasteiger partial charge in [0.2, 0.25) is 5.91 Å². The van der Waals surface area contributed by atoms with Crippen LogP contribution in [0.1, 0.15) is 51.4 Å². The lowest BCUT2D eigenvalue weighted by Gasteiger charge is -2.32. The van der Waals surface area contributed by atoms with Gasteiger partial charge >= 0.3 is 0 Å². The molecule has 0 bridgehead atoms. The van der Waals surface area contributed by atoms with Gasteiger partial charge in [-0.05, 0) is 44.7 Å². The van der Waals surface area contributed by atoms with Gasteiger partial charge in [-0.1, -0.05) is 25.7 Å². The van der Waals surface area contributed by atoms with Crippen molar-refractivity contribution in [2.24, 2.45) is 11.8 Å². The van der Waals surface area contributed by atoms with Crippen molar-refractivity contribution in [2.45, 2.75) is 51.4 Å². The molecular formula is C15H29ClN2O. The predicted octanol–water partition coefficient (Wildman–Crippen LogP) is 2.84. The summed E-state index contributed by atoms with van der Waals surface area (Å²) in [6.45, 7) is 3.07. The molecule has 0 aromatic rings. The van der Waals surface area contributed by atoms with Gasteiger partial charge in [-0.25, -0.2) is 0 Å². The zero-order valence-electron chi connectivity index (χ0n) is 12.2. The van der Waals surface area contributed by atoms with Gasteiger partial charge in [-0.2, -0.15) is 0 Å². The van der Waals surface area contributed by atoms with Crippen molar-refractivity contribution >= 4 is 18.3 Å². The molecule has 0 unspecified atom stereocenters. The first-order chi connectivity index (χ1) is 8.79. The number of amides is 1. The third-order valence-electron chi connectivity index (χ3n) is 4.70. The number of hydrogen-bond donors (Lipinski definition) is 1. The molecule has 19 heavy (non-hydrogen) atoms. The molecule has 1 saturated carbocycles. The summed E-state index contributed by atoms with van der Waals surface area (Å²) in [5.41, 5.74) is 0. The monoisotopic (exact) mass is 288 g/mol. The van der Waals surface area contributed by atoms with Gasteiger partial charge in [-0.3, -0.25) is 4.79 Å². The van der Waals surface area contributed by atoms with Gasteiger partial charge < -0.3 is 10.2 Å². The number of carbonyl (C=O) groups is 1. The maximum Gasteiger partial charge on any atom is 0.222 e. The summed E-state index contributed by atoms with van der Waals surface area (Å²) in [7, 11) is 2.01. The summed E-state index contributed by atoms with van der Waals surface area (Å²) >= 11 is 0. The molecule has 1 aliphatic carbocycles. The van der Waals surface area contributed by atoms with Crippen LogP contribution in [0.2, 0.25) is 0 Å². The van der Waals surface area contributed by atoms with Crippen molar-refractivity contribution in [3.63, 3.8) is 0 Å². The molecule has 2 fully saturated rings.